The number of anilines is 1. The van der Waals surface area contributed by atoms with E-state index in [1.54, 1.807) is 7.11 Å². The summed E-state index contributed by atoms with van der Waals surface area (Å²) in [7, 11) is 1.61. The number of hydrogen-bond donors (Lipinski definition) is 0. The van der Waals surface area contributed by atoms with Crippen molar-refractivity contribution in [3.63, 3.8) is 0 Å². The lowest BCUT2D eigenvalue weighted by molar-refractivity contribution is -0.116. The van der Waals surface area contributed by atoms with Crippen molar-refractivity contribution in [2.24, 2.45) is 0 Å². The van der Waals surface area contributed by atoms with Crippen LogP contribution in [0.5, 0.6) is 5.75 Å². The highest BCUT2D eigenvalue weighted by molar-refractivity contribution is 8.00. The molecule has 0 fully saturated rings. The average Bonchev–Trinajstić information content (AvgIpc) is 3.06. The summed E-state index contributed by atoms with van der Waals surface area (Å²) >= 11 is 1.31. The molecule has 0 radical (unpaired) electrons. The molecule has 0 saturated carbocycles. The van der Waals surface area contributed by atoms with E-state index in [0.717, 1.165) is 23.0 Å². The first-order valence-corrected chi connectivity index (χ1v) is 10.0. The maximum Gasteiger partial charge on any atom is 0.237 e. The molecule has 1 amide bonds. The molecule has 0 spiro atoms. The van der Waals surface area contributed by atoms with Crippen LogP contribution in [0, 0.1) is 11.3 Å². The summed E-state index contributed by atoms with van der Waals surface area (Å²) in [4.78, 5) is 19.4. The second kappa shape index (κ2) is 7.53. The van der Waals surface area contributed by atoms with E-state index in [9.17, 15) is 10.1 Å². The first kappa shape index (κ1) is 18.3. The minimum Gasteiger partial charge on any atom is -0.497 e. The number of amides is 1. The number of thioether (sulfide) groups is 1. The van der Waals surface area contributed by atoms with Gasteiger partial charge in [0.25, 0.3) is 0 Å². The van der Waals surface area contributed by atoms with Gasteiger partial charge < -0.3 is 9.64 Å². The Balaban J connectivity index is 1.58. The van der Waals surface area contributed by atoms with Gasteiger partial charge in [-0.1, -0.05) is 30.0 Å². The zero-order valence-corrected chi connectivity index (χ0v) is 16.5. The summed E-state index contributed by atoms with van der Waals surface area (Å²) in [6, 6.07) is 17.7. The molecule has 0 saturated heterocycles. The number of methoxy groups -OCH3 is 1. The molecule has 6 heteroatoms. The molecule has 1 aliphatic rings. The van der Waals surface area contributed by atoms with E-state index in [0.29, 0.717) is 16.3 Å². The first-order chi connectivity index (χ1) is 13.6. The Hall–Kier alpha value is -3.04. The number of fused-ring (bicyclic) bond motifs is 2. The summed E-state index contributed by atoms with van der Waals surface area (Å²) in [5, 5.41) is 10.9. The highest BCUT2D eigenvalue weighted by Crippen LogP contribution is 2.33. The molecule has 0 aliphatic carbocycles. The van der Waals surface area contributed by atoms with Crippen LogP contribution in [0.4, 0.5) is 5.69 Å². The molecule has 28 heavy (non-hydrogen) atoms. The second-order valence-electron chi connectivity index (χ2n) is 6.75. The van der Waals surface area contributed by atoms with Gasteiger partial charge in [-0.3, -0.25) is 4.79 Å². The van der Waals surface area contributed by atoms with E-state index in [4.69, 9.17) is 4.74 Å². The lowest BCUT2D eigenvalue weighted by Crippen LogP contribution is -2.37. The van der Waals surface area contributed by atoms with Crippen molar-refractivity contribution in [1.29, 1.82) is 5.26 Å². The Morgan fingerprint density at radius 2 is 2.14 bits per heavy atom. The maximum absolute atomic E-state index is 12.9. The van der Waals surface area contributed by atoms with Crippen LogP contribution in [-0.2, 0) is 11.2 Å². The number of nitriles is 1. The van der Waals surface area contributed by atoms with Gasteiger partial charge in [-0.25, -0.2) is 4.98 Å². The molecule has 5 nitrogen and oxygen atoms in total. The normalized spacial score (nSPS) is 15.3. The van der Waals surface area contributed by atoms with Crippen molar-refractivity contribution in [1.82, 2.24) is 4.98 Å². The maximum atomic E-state index is 12.9. The van der Waals surface area contributed by atoms with Gasteiger partial charge in [-0.15, -0.1) is 0 Å². The smallest absolute Gasteiger partial charge is 0.237 e. The van der Waals surface area contributed by atoms with Crippen LogP contribution in [-0.4, -0.2) is 29.8 Å². The minimum atomic E-state index is 0.0267. The molecule has 1 atom stereocenters. The molecule has 0 N–H and O–H groups in total. The third kappa shape index (κ3) is 3.30. The summed E-state index contributed by atoms with van der Waals surface area (Å²) in [6.45, 7) is 2.06. The molecule has 4 rings (SSSR count). The van der Waals surface area contributed by atoms with Gasteiger partial charge in [0.1, 0.15) is 16.8 Å². The minimum absolute atomic E-state index is 0.0267. The van der Waals surface area contributed by atoms with E-state index in [2.05, 4.69) is 24.0 Å². The summed E-state index contributed by atoms with van der Waals surface area (Å²) in [5.74, 6) is 0.966. The Bertz CT molecular complexity index is 1110. The summed E-state index contributed by atoms with van der Waals surface area (Å²) in [6.07, 6.45) is 0.865. The molecule has 3 aromatic rings. The summed E-state index contributed by atoms with van der Waals surface area (Å²) in [5.41, 5.74) is 3.40. The topological polar surface area (TPSA) is 66.2 Å². The lowest BCUT2D eigenvalue weighted by Gasteiger charge is -2.22. The fourth-order valence-corrected chi connectivity index (χ4v) is 4.41. The van der Waals surface area contributed by atoms with Gasteiger partial charge in [-0.05, 0) is 43.2 Å². The third-order valence-electron chi connectivity index (χ3n) is 4.92. The van der Waals surface area contributed by atoms with E-state index in [1.165, 1.54) is 17.3 Å². The highest BCUT2D eigenvalue weighted by atomic mass is 32.2. The van der Waals surface area contributed by atoms with Gasteiger partial charge in [0.2, 0.25) is 5.91 Å². The van der Waals surface area contributed by atoms with Crippen LogP contribution in [0.2, 0.25) is 0 Å². The average molecular weight is 389 g/mol. The number of pyridine rings is 1. The van der Waals surface area contributed by atoms with Gasteiger partial charge in [-0.2, -0.15) is 5.26 Å². The molecule has 2 aromatic carbocycles. The number of para-hydroxylation sites is 1. The summed E-state index contributed by atoms with van der Waals surface area (Å²) < 4.78 is 5.26. The van der Waals surface area contributed by atoms with Crippen LogP contribution in [0.25, 0.3) is 10.9 Å². The molecule has 1 aliphatic heterocycles. The number of carbonyl (C=O) groups is 1. The van der Waals surface area contributed by atoms with E-state index in [-0.39, 0.29) is 17.7 Å². The van der Waals surface area contributed by atoms with E-state index in [1.807, 2.05) is 47.4 Å². The van der Waals surface area contributed by atoms with Crippen molar-refractivity contribution in [2.75, 3.05) is 17.8 Å². The fourth-order valence-electron chi connectivity index (χ4n) is 3.59. The predicted octanol–water partition coefficient (Wildman–Crippen LogP) is 4.18. The third-order valence-corrected chi connectivity index (χ3v) is 5.89. The number of benzene rings is 2. The number of carbonyl (C=O) groups excluding carboxylic acids is 1. The second-order valence-corrected chi connectivity index (χ2v) is 7.71. The van der Waals surface area contributed by atoms with Crippen molar-refractivity contribution < 1.29 is 9.53 Å². The van der Waals surface area contributed by atoms with Crippen molar-refractivity contribution in [2.45, 2.75) is 24.4 Å². The number of nitrogens with zero attached hydrogens (tertiary/aromatic N) is 3. The number of ether oxygens (including phenoxy) is 1. The van der Waals surface area contributed by atoms with E-state index < -0.39 is 0 Å². The van der Waals surface area contributed by atoms with Crippen LogP contribution >= 0.6 is 11.8 Å². The van der Waals surface area contributed by atoms with Gasteiger partial charge in [0, 0.05) is 23.2 Å². The quantitative estimate of drug-likeness (QED) is 0.626. The number of rotatable bonds is 4. The van der Waals surface area contributed by atoms with Crippen LogP contribution < -0.4 is 9.64 Å². The SMILES string of the molecule is COc1ccc2cc(C#N)c(SCC(=O)N3c4ccccc4CC3C)nc2c1. The Labute approximate surface area is 167 Å². The van der Waals surface area contributed by atoms with Crippen molar-refractivity contribution >= 4 is 34.3 Å². The molecular weight excluding hydrogens is 370 g/mol. The molecule has 1 unspecified atom stereocenters. The lowest BCUT2D eigenvalue weighted by atomic mass is 10.1. The first-order valence-electron chi connectivity index (χ1n) is 9.02. The van der Waals surface area contributed by atoms with Gasteiger partial charge >= 0.3 is 0 Å². The molecule has 140 valence electrons. The Morgan fingerprint density at radius 1 is 1.32 bits per heavy atom. The zero-order chi connectivity index (χ0) is 19.7. The zero-order valence-electron chi connectivity index (χ0n) is 15.7. The molecule has 1 aromatic heterocycles. The van der Waals surface area contributed by atoms with Crippen LogP contribution in [0.1, 0.15) is 18.1 Å². The highest BCUT2D eigenvalue weighted by Gasteiger charge is 2.30. The largest absolute Gasteiger partial charge is 0.497 e. The van der Waals surface area contributed by atoms with Crippen LogP contribution in [0.3, 0.4) is 0 Å². The van der Waals surface area contributed by atoms with E-state index >= 15 is 0 Å². The molecule has 2 heterocycles. The van der Waals surface area contributed by atoms with Crippen molar-refractivity contribution in [3.8, 4) is 11.8 Å². The number of aromatic nitrogens is 1. The number of hydrogen-bond acceptors (Lipinski definition) is 5. The molecular formula is C22H19N3O2S. The molecule has 0 bridgehead atoms. The predicted molar refractivity (Wildman–Crippen MR) is 111 cm³/mol. The Morgan fingerprint density at radius 3 is 2.93 bits per heavy atom. The van der Waals surface area contributed by atoms with Gasteiger partial charge in [0.05, 0.1) is 23.9 Å². The monoisotopic (exact) mass is 389 g/mol. The van der Waals surface area contributed by atoms with Crippen LogP contribution in [0.15, 0.2) is 53.6 Å². The Kier molecular flexibility index (Phi) is 4.93. The fraction of sp³-hybridized carbons (Fsp3) is 0.227. The van der Waals surface area contributed by atoms with Gasteiger partial charge in [0.15, 0.2) is 0 Å². The standard InChI is InChI=1S/C22H19N3O2S/c1-14-9-16-5-3-4-6-20(16)25(14)21(26)13-28-22-17(12-23)10-15-7-8-18(27-2)11-19(15)24-22/h3-8,10-11,14H,9,13H2,1-2H3. The van der Waals surface area contributed by atoms with Crippen molar-refractivity contribution in [3.05, 3.63) is 59.7 Å².